The summed E-state index contributed by atoms with van der Waals surface area (Å²) in [6.07, 6.45) is 0.865. The first kappa shape index (κ1) is 14.7. The molecule has 2 aliphatic heterocycles. The van der Waals surface area contributed by atoms with Crippen LogP contribution in [0.4, 0.5) is 5.00 Å². The van der Waals surface area contributed by atoms with Crippen molar-refractivity contribution in [1.82, 2.24) is 5.32 Å². The van der Waals surface area contributed by atoms with Gasteiger partial charge in [-0.3, -0.25) is 4.79 Å². The van der Waals surface area contributed by atoms with Crippen molar-refractivity contribution in [2.45, 2.75) is 39.0 Å². The van der Waals surface area contributed by atoms with Gasteiger partial charge in [0.2, 0.25) is 0 Å². The van der Waals surface area contributed by atoms with Gasteiger partial charge in [-0.25, -0.2) is 0 Å². The molecular weight excluding hydrogens is 306 g/mol. The summed E-state index contributed by atoms with van der Waals surface area (Å²) in [4.78, 5) is 15.7. The van der Waals surface area contributed by atoms with Crippen LogP contribution >= 0.6 is 11.3 Å². The first-order valence-electron chi connectivity index (χ1n) is 8.25. The summed E-state index contributed by atoms with van der Waals surface area (Å²) in [5.74, 6) is 0.0677. The van der Waals surface area contributed by atoms with Crippen molar-refractivity contribution in [1.29, 1.82) is 0 Å². The Morgan fingerprint density at radius 2 is 2.00 bits per heavy atom. The minimum atomic E-state index is -0.134. The van der Waals surface area contributed by atoms with Gasteiger partial charge in [0, 0.05) is 6.42 Å². The second kappa shape index (κ2) is 5.65. The number of hydrogen-bond acceptors (Lipinski definition) is 3. The summed E-state index contributed by atoms with van der Waals surface area (Å²) in [6, 6.07) is 10.7. The van der Waals surface area contributed by atoms with Crippen LogP contribution in [-0.4, -0.2) is 18.5 Å². The summed E-state index contributed by atoms with van der Waals surface area (Å²) >= 11 is 1.77. The van der Waals surface area contributed by atoms with Crippen molar-refractivity contribution in [2.24, 2.45) is 0 Å². The first-order chi connectivity index (χ1) is 11.1. The summed E-state index contributed by atoms with van der Waals surface area (Å²) in [7, 11) is 0. The second-order valence-electron chi connectivity index (χ2n) is 6.66. The fourth-order valence-electron chi connectivity index (χ4n) is 3.52. The van der Waals surface area contributed by atoms with E-state index in [1.807, 2.05) is 30.3 Å². The Kier molecular flexibility index (Phi) is 3.62. The van der Waals surface area contributed by atoms with Crippen molar-refractivity contribution in [2.75, 3.05) is 11.9 Å². The Labute approximate surface area is 140 Å². The van der Waals surface area contributed by atoms with Gasteiger partial charge in [0.05, 0.1) is 23.0 Å². The molecule has 0 bridgehead atoms. The molecule has 0 fully saturated rings. The van der Waals surface area contributed by atoms with Crippen LogP contribution in [0.5, 0.6) is 0 Å². The van der Waals surface area contributed by atoms with E-state index >= 15 is 0 Å². The van der Waals surface area contributed by atoms with Crippen molar-refractivity contribution < 1.29 is 9.69 Å². The quantitative estimate of drug-likeness (QED) is 0.789. The lowest BCUT2D eigenvalue weighted by atomic mass is 9.99. The highest BCUT2D eigenvalue weighted by atomic mass is 32.1. The average Bonchev–Trinajstić information content (AvgIpc) is 2.93. The first-order valence-corrected chi connectivity index (χ1v) is 9.06. The summed E-state index contributed by atoms with van der Waals surface area (Å²) < 4.78 is 0. The molecular formula is C18H22N3OS+. The van der Waals surface area contributed by atoms with Crippen LogP contribution in [0.2, 0.25) is 0 Å². The number of anilines is 1. The molecule has 2 atom stereocenters. The predicted octanol–water partition coefficient (Wildman–Crippen LogP) is 1.95. The molecule has 0 aliphatic carbocycles. The van der Waals surface area contributed by atoms with Gasteiger partial charge < -0.3 is 15.5 Å². The summed E-state index contributed by atoms with van der Waals surface area (Å²) in [5.41, 5.74) is 3.25. The van der Waals surface area contributed by atoms with E-state index in [9.17, 15) is 4.79 Å². The maximum Gasteiger partial charge on any atom is 0.256 e. The molecule has 4 rings (SSSR count). The molecule has 1 amide bonds. The highest BCUT2D eigenvalue weighted by Crippen LogP contribution is 2.38. The molecule has 2 aromatic rings. The number of hydrogen-bond donors (Lipinski definition) is 3. The number of amides is 1. The molecule has 120 valence electrons. The highest BCUT2D eigenvalue weighted by Gasteiger charge is 2.34. The molecule has 2 aliphatic rings. The SMILES string of the molecule is CC(C)[NH+]1CCc2c(sc3c2C(=O)N[C@@H](c2ccccc2)N3)C1. The third-order valence-electron chi connectivity index (χ3n) is 4.90. The fourth-order valence-corrected chi connectivity index (χ4v) is 4.84. The Morgan fingerprint density at radius 3 is 2.74 bits per heavy atom. The van der Waals surface area contributed by atoms with Gasteiger partial charge in [0.25, 0.3) is 5.91 Å². The summed E-state index contributed by atoms with van der Waals surface area (Å²) in [5, 5.41) is 7.67. The van der Waals surface area contributed by atoms with Crippen LogP contribution < -0.4 is 15.5 Å². The standard InChI is InChI=1S/C18H21N3OS/c1-11(2)21-9-8-13-14(10-21)23-18-15(13)17(22)19-16(20-18)12-6-4-3-5-7-12/h3-7,11,16,20H,8-10H2,1-2H3,(H,19,22)/p+1/t16-/m1/s1. The lowest BCUT2D eigenvalue weighted by molar-refractivity contribution is -0.936. The van der Waals surface area contributed by atoms with Gasteiger partial charge in [-0.15, -0.1) is 11.3 Å². The Bertz CT molecular complexity index is 738. The third-order valence-corrected chi connectivity index (χ3v) is 6.06. The van der Waals surface area contributed by atoms with E-state index in [1.54, 1.807) is 16.2 Å². The average molecular weight is 328 g/mol. The highest BCUT2D eigenvalue weighted by molar-refractivity contribution is 7.16. The van der Waals surface area contributed by atoms with E-state index < -0.39 is 0 Å². The number of nitrogens with one attached hydrogen (secondary N) is 3. The van der Waals surface area contributed by atoms with Gasteiger partial charge in [0.1, 0.15) is 17.7 Å². The van der Waals surface area contributed by atoms with Crippen LogP contribution in [-0.2, 0) is 13.0 Å². The van der Waals surface area contributed by atoms with Gasteiger partial charge in [-0.2, -0.15) is 0 Å². The van der Waals surface area contributed by atoms with Gasteiger partial charge in [-0.05, 0) is 25.0 Å². The minimum absolute atomic E-state index is 0.0677. The van der Waals surface area contributed by atoms with E-state index in [4.69, 9.17) is 0 Å². The molecule has 1 aromatic carbocycles. The third kappa shape index (κ3) is 2.54. The van der Waals surface area contributed by atoms with Crippen LogP contribution in [0.3, 0.4) is 0 Å². The van der Waals surface area contributed by atoms with E-state index in [0.29, 0.717) is 6.04 Å². The number of rotatable bonds is 2. The van der Waals surface area contributed by atoms with Crippen LogP contribution in [0.1, 0.15) is 46.4 Å². The largest absolute Gasteiger partial charge is 0.353 e. The molecule has 1 aromatic heterocycles. The summed E-state index contributed by atoms with van der Waals surface area (Å²) in [6.45, 7) is 6.69. The molecule has 3 N–H and O–H groups in total. The zero-order chi connectivity index (χ0) is 16.0. The molecule has 3 heterocycles. The molecule has 4 nitrogen and oxygen atoms in total. The number of benzene rings is 1. The molecule has 0 saturated carbocycles. The van der Waals surface area contributed by atoms with Crippen molar-refractivity contribution in [3.8, 4) is 0 Å². The number of fused-ring (bicyclic) bond motifs is 3. The molecule has 0 saturated heterocycles. The predicted molar refractivity (Wildman–Crippen MR) is 93.0 cm³/mol. The number of carbonyl (C=O) groups excluding carboxylic acids is 1. The van der Waals surface area contributed by atoms with E-state index in [2.05, 4.69) is 24.5 Å². The maximum atomic E-state index is 12.7. The van der Waals surface area contributed by atoms with Gasteiger partial charge in [0.15, 0.2) is 0 Å². The molecule has 0 radical (unpaired) electrons. The van der Waals surface area contributed by atoms with Gasteiger partial charge >= 0.3 is 0 Å². The van der Waals surface area contributed by atoms with Gasteiger partial charge in [-0.1, -0.05) is 30.3 Å². The van der Waals surface area contributed by atoms with Crippen LogP contribution in [0, 0.1) is 0 Å². The number of quaternary nitrogens is 1. The maximum absolute atomic E-state index is 12.7. The molecule has 0 spiro atoms. The minimum Gasteiger partial charge on any atom is -0.353 e. The lowest BCUT2D eigenvalue weighted by Gasteiger charge is -2.28. The van der Waals surface area contributed by atoms with E-state index in [-0.39, 0.29) is 12.1 Å². The monoisotopic (exact) mass is 328 g/mol. The van der Waals surface area contributed by atoms with Crippen molar-refractivity contribution >= 4 is 22.2 Å². The zero-order valence-electron chi connectivity index (χ0n) is 13.5. The van der Waals surface area contributed by atoms with Crippen molar-refractivity contribution in [3.63, 3.8) is 0 Å². The normalized spacial score (nSPS) is 23.0. The fraction of sp³-hybridized carbons (Fsp3) is 0.389. The molecule has 5 heteroatoms. The zero-order valence-corrected chi connectivity index (χ0v) is 14.3. The molecule has 1 unspecified atom stereocenters. The Balaban J connectivity index is 1.66. The van der Waals surface area contributed by atoms with Crippen molar-refractivity contribution in [3.05, 3.63) is 51.9 Å². The Hall–Kier alpha value is -1.85. The smallest absolute Gasteiger partial charge is 0.256 e. The van der Waals surface area contributed by atoms with E-state index in [1.165, 1.54) is 10.4 Å². The number of carbonyl (C=O) groups is 1. The van der Waals surface area contributed by atoms with Crippen LogP contribution in [0.25, 0.3) is 0 Å². The topological polar surface area (TPSA) is 45.6 Å². The molecule has 23 heavy (non-hydrogen) atoms. The lowest BCUT2D eigenvalue weighted by Crippen LogP contribution is -3.14. The van der Waals surface area contributed by atoms with E-state index in [0.717, 1.165) is 35.6 Å². The number of thiophene rings is 1. The second-order valence-corrected chi connectivity index (χ2v) is 7.76. The Morgan fingerprint density at radius 1 is 1.22 bits per heavy atom. The van der Waals surface area contributed by atoms with Crippen LogP contribution in [0.15, 0.2) is 30.3 Å².